The molecule has 4 heteroatoms. The molecule has 0 spiro atoms. The summed E-state index contributed by atoms with van der Waals surface area (Å²) in [6.07, 6.45) is 3.32. The molecule has 1 aromatic rings. The first-order chi connectivity index (χ1) is 8.09. The smallest absolute Gasteiger partial charge is 0.237 e. The summed E-state index contributed by atoms with van der Waals surface area (Å²) in [6, 6.07) is 1.90. The number of carbonyl (C=O) groups is 1. The highest BCUT2D eigenvalue weighted by molar-refractivity contribution is 7.10. The van der Waals surface area contributed by atoms with Crippen LogP contribution in [0.2, 0.25) is 0 Å². The molecule has 2 atom stereocenters. The second-order valence-corrected chi connectivity index (χ2v) is 6.02. The Kier molecular flexibility index (Phi) is 3.84. The van der Waals surface area contributed by atoms with Gasteiger partial charge in [0.1, 0.15) is 0 Å². The van der Waals surface area contributed by atoms with Crippen molar-refractivity contribution in [3.8, 4) is 0 Å². The van der Waals surface area contributed by atoms with E-state index in [1.165, 1.54) is 10.4 Å². The molecule has 3 nitrogen and oxygen atoms in total. The van der Waals surface area contributed by atoms with Crippen LogP contribution in [0.25, 0.3) is 0 Å². The van der Waals surface area contributed by atoms with Crippen molar-refractivity contribution in [2.75, 3.05) is 0 Å². The minimum absolute atomic E-state index is 0.0240. The zero-order valence-electron chi connectivity index (χ0n) is 10.4. The molecule has 1 aliphatic rings. The average Bonchev–Trinajstić information content (AvgIpc) is 2.76. The third-order valence-corrected chi connectivity index (χ3v) is 4.39. The van der Waals surface area contributed by atoms with Crippen LogP contribution in [0.3, 0.4) is 0 Å². The van der Waals surface area contributed by atoms with Crippen molar-refractivity contribution >= 4 is 17.2 Å². The van der Waals surface area contributed by atoms with Gasteiger partial charge in [0.15, 0.2) is 0 Å². The Morgan fingerprint density at radius 3 is 3.06 bits per heavy atom. The summed E-state index contributed by atoms with van der Waals surface area (Å²) in [7, 11) is 0. The third kappa shape index (κ3) is 2.69. The van der Waals surface area contributed by atoms with Gasteiger partial charge in [0, 0.05) is 4.88 Å². The fourth-order valence-electron chi connectivity index (χ4n) is 2.21. The molecular weight excluding hydrogens is 232 g/mol. The van der Waals surface area contributed by atoms with Crippen molar-refractivity contribution in [1.82, 2.24) is 5.32 Å². The highest BCUT2D eigenvalue weighted by Gasteiger charge is 2.25. The summed E-state index contributed by atoms with van der Waals surface area (Å²) in [6.45, 7) is 3.95. The van der Waals surface area contributed by atoms with Crippen molar-refractivity contribution < 1.29 is 4.79 Å². The van der Waals surface area contributed by atoms with Gasteiger partial charge in [-0.05, 0) is 42.2 Å². The Morgan fingerprint density at radius 1 is 1.59 bits per heavy atom. The van der Waals surface area contributed by atoms with Crippen LogP contribution in [0.1, 0.15) is 43.2 Å². The number of amides is 1. The lowest BCUT2D eigenvalue weighted by Crippen LogP contribution is -2.45. The zero-order valence-corrected chi connectivity index (χ0v) is 11.2. The molecule has 0 aromatic carbocycles. The van der Waals surface area contributed by atoms with Crippen LogP contribution < -0.4 is 11.1 Å². The largest absolute Gasteiger partial charge is 0.348 e. The van der Waals surface area contributed by atoms with E-state index in [-0.39, 0.29) is 17.9 Å². The Morgan fingerprint density at radius 2 is 2.35 bits per heavy atom. The van der Waals surface area contributed by atoms with Gasteiger partial charge < -0.3 is 11.1 Å². The van der Waals surface area contributed by atoms with Gasteiger partial charge in [-0.1, -0.05) is 13.8 Å². The molecular formula is C13H20N2OS. The summed E-state index contributed by atoms with van der Waals surface area (Å²) < 4.78 is 0. The van der Waals surface area contributed by atoms with Crippen LogP contribution in [0.5, 0.6) is 0 Å². The molecule has 0 radical (unpaired) electrons. The predicted molar refractivity (Wildman–Crippen MR) is 71.0 cm³/mol. The van der Waals surface area contributed by atoms with Gasteiger partial charge in [-0.2, -0.15) is 0 Å². The normalized spacial score (nSPS) is 21.1. The molecule has 2 rings (SSSR count). The van der Waals surface area contributed by atoms with Crippen LogP contribution in [0.15, 0.2) is 11.4 Å². The van der Waals surface area contributed by atoms with E-state index in [2.05, 4.69) is 16.8 Å². The number of hydrogen-bond donors (Lipinski definition) is 2. The standard InChI is InChI=1S/C13H20N2OS/c1-8(2)12(14)13(16)15-10-4-3-5-11-9(10)6-7-17-11/h6-8,10,12H,3-5,14H2,1-2H3,(H,15,16)/t10?,12-/m1/s1. The molecule has 0 saturated heterocycles. The van der Waals surface area contributed by atoms with Crippen molar-refractivity contribution in [3.05, 3.63) is 21.9 Å². The molecule has 1 aromatic heterocycles. The number of aryl methyl sites for hydroxylation is 1. The number of fused-ring (bicyclic) bond motifs is 1. The molecule has 3 N–H and O–H groups in total. The molecule has 1 amide bonds. The highest BCUT2D eigenvalue weighted by Crippen LogP contribution is 2.33. The predicted octanol–water partition coefficient (Wildman–Crippen LogP) is 2.22. The molecule has 0 saturated carbocycles. The minimum Gasteiger partial charge on any atom is -0.348 e. The van der Waals surface area contributed by atoms with Crippen molar-refractivity contribution in [2.24, 2.45) is 11.7 Å². The average molecular weight is 252 g/mol. The maximum absolute atomic E-state index is 12.0. The molecule has 1 unspecified atom stereocenters. The Bertz CT molecular complexity index is 400. The number of nitrogens with two attached hydrogens (primary N) is 1. The second-order valence-electron chi connectivity index (χ2n) is 5.02. The first-order valence-corrected chi connectivity index (χ1v) is 7.09. The van der Waals surface area contributed by atoms with E-state index < -0.39 is 6.04 Å². The fourth-order valence-corrected chi connectivity index (χ4v) is 3.19. The number of rotatable bonds is 3. The fraction of sp³-hybridized carbons (Fsp3) is 0.615. The van der Waals surface area contributed by atoms with E-state index in [1.807, 2.05) is 13.8 Å². The zero-order chi connectivity index (χ0) is 12.4. The van der Waals surface area contributed by atoms with Crippen LogP contribution in [0.4, 0.5) is 0 Å². The van der Waals surface area contributed by atoms with Gasteiger partial charge in [-0.15, -0.1) is 11.3 Å². The van der Waals surface area contributed by atoms with Crippen LogP contribution in [-0.2, 0) is 11.2 Å². The molecule has 17 heavy (non-hydrogen) atoms. The quantitative estimate of drug-likeness (QED) is 0.866. The molecule has 94 valence electrons. The third-order valence-electron chi connectivity index (χ3n) is 3.39. The summed E-state index contributed by atoms with van der Waals surface area (Å²) in [5, 5.41) is 5.19. The lowest BCUT2D eigenvalue weighted by Gasteiger charge is -2.26. The van der Waals surface area contributed by atoms with Crippen molar-refractivity contribution in [2.45, 2.75) is 45.2 Å². The lowest BCUT2D eigenvalue weighted by atomic mass is 9.93. The molecule has 1 heterocycles. The van der Waals surface area contributed by atoms with Gasteiger partial charge in [-0.25, -0.2) is 0 Å². The summed E-state index contributed by atoms with van der Waals surface area (Å²) >= 11 is 1.79. The van der Waals surface area contributed by atoms with Gasteiger partial charge in [0.05, 0.1) is 12.1 Å². The van der Waals surface area contributed by atoms with Crippen molar-refractivity contribution in [1.29, 1.82) is 0 Å². The minimum atomic E-state index is -0.404. The number of carbonyl (C=O) groups excluding carboxylic acids is 1. The first-order valence-electron chi connectivity index (χ1n) is 6.22. The van der Waals surface area contributed by atoms with E-state index in [0.29, 0.717) is 0 Å². The Balaban J connectivity index is 2.04. The van der Waals surface area contributed by atoms with E-state index in [4.69, 9.17) is 5.73 Å². The maximum Gasteiger partial charge on any atom is 0.237 e. The SMILES string of the molecule is CC(C)[C@@H](N)C(=O)NC1CCCc2sccc21. The van der Waals surface area contributed by atoms with Gasteiger partial charge in [-0.3, -0.25) is 4.79 Å². The highest BCUT2D eigenvalue weighted by atomic mass is 32.1. The monoisotopic (exact) mass is 252 g/mol. The van der Waals surface area contributed by atoms with Gasteiger partial charge >= 0.3 is 0 Å². The molecule has 0 fully saturated rings. The van der Waals surface area contributed by atoms with Crippen molar-refractivity contribution in [3.63, 3.8) is 0 Å². The van der Waals surface area contributed by atoms with E-state index >= 15 is 0 Å². The van der Waals surface area contributed by atoms with E-state index in [1.54, 1.807) is 11.3 Å². The molecule has 0 bridgehead atoms. The van der Waals surface area contributed by atoms with Gasteiger partial charge in [0.25, 0.3) is 0 Å². The lowest BCUT2D eigenvalue weighted by molar-refractivity contribution is -0.124. The van der Waals surface area contributed by atoms with E-state index in [9.17, 15) is 4.79 Å². The summed E-state index contributed by atoms with van der Waals surface area (Å²) in [5.41, 5.74) is 7.16. The Labute approximate surface area is 106 Å². The molecule has 1 aliphatic carbocycles. The van der Waals surface area contributed by atoms with E-state index in [0.717, 1.165) is 19.3 Å². The van der Waals surface area contributed by atoms with Crippen LogP contribution in [0, 0.1) is 5.92 Å². The number of nitrogens with one attached hydrogen (secondary N) is 1. The first kappa shape index (κ1) is 12.6. The molecule has 0 aliphatic heterocycles. The number of thiophene rings is 1. The Hall–Kier alpha value is -0.870. The van der Waals surface area contributed by atoms with Gasteiger partial charge in [0.2, 0.25) is 5.91 Å². The van der Waals surface area contributed by atoms with Crippen LogP contribution in [-0.4, -0.2) is 11.9 Å². The number of hydrogen-bond acceptors (Lipinski definition) is 3. The summed E-state index contributed by atoms with van der Waals surface area (Å²) in [4.78, 5) is 13.4. The second kappa shape index (κ2) is 5.19. The maximum atomic E-state index is 12.0. The van der Waals surface area contributed by atoms with Crippen LogP contribution >= 0.6 is 11.3 Å². The summed E-state index contributed by atoms with van der Waals surface area (Å²) in [5.74, 6) is 0.157. The topological polar surface area (TPSA) is 55.1 Å².